The SMILES string of the molecule is Cc1nc(CSc2cccc(F)c2)nc(C)c1C(C)CN. The monoisotopic (exact) mass is 305 g/mol. The highest BCUT2D eigenvalue weighted by Crippen LogP contribution is 2.25. The molecule has 0 fully saturated rings. The standard InChI is InChI=1S/C16H20FN3S/c1-10(8-18)16-11(2)19-15(20-12(16)3)9-21-14-6-4-5-13(17)7-14/h4-7,10H,8-9,18H2,1-3H3. The van der Waals surface area contributed by atoms with Crippen LogP contribution in [0.5, 0.6) is 0 Å². The highest BCUT2D eigenvalue weighted by Gasteiger charge is 2.14. The fourth-order valence-corrected chi connectivity index (χ4v) is 3.19. The van der Waals surface area contributed by atoms with Crippen molar-refractivity contribution in [2.24, 2.45) is 5.73 Å². The molecule has 0 aliphatic rings. The van der Waals surface area contributed by atoms with E-state index < -0.39 is 0 Å². The second kappa shape index (κ2) is 7.00. The molecule has 112 valence electrons. The van der Waals surface area contributed by atoms with Crippen LogP contribution in [0.15, 0.2) is 29.2 Å². The van der Waals surface area contributed by atoms with E-state index in [0.29, 0.717) is 12.3 Å². The van der Waals surface area contributed by atoms with Gasteiger partial charge in [-0.3, -0.25) is 0 Å². The van der Waals surface area contributed by atoms with Gasteiger partial charge in [0.15, 0.2) is 0 Å². The van der Waals surface area contributed by atoms with E-state index in [4.69, 9.17) is 5.73 Å². The smallest absolute Gasteiger partial charge is 0.139 e. The van der Waals surface area contributed by atoms with Crippen molar-refractivity contribution in [3.05, 3.63) is 52.9 Å². The molecule has 0 saturated heterocycles. The lowest BCUT2D eigenvalue weighted by Gasteiger charge is -2.15. The van der Waals surface area contributed by atoms with Crippen molar-refractivity contribution >= 4 is 11.8 Å². The molecule has 0 aliphatic heterocycles. The first kappa shape index (κ1) is 15.9. The second-order valence-electron chi connectivity index (χ2n) is 5.11. The minimum absolute atomic E-state index is 0.222. The van der Waals surface area contributed by atoms with Gasteiger partial charge in [0.1, 0.15) is 11.6 Å². The number of aromatic nitrogens is 2. The Hall–Kier alpha value is -1.46. The fraction of sp³-hybridized carbons (Fsp3) is 0.375. The van der Waals surface area contributed by atoms with E-state index in [1.54, 1.807) is 6.07 Å². The van der Waals surface area contributed by atoms with E-state index in [1.807, 2.05) is 19.9 Å². The molecule has 1 unspecified atom stereocenters. The zero-order valence-corrected chi connectivity index (χ0v) is 13.4. The first-order valence-electron chi connectivity index (χ1n) is 6.93. The van der Waals surface area contributed by atoms with E-state index in [-0.39, 0.29) is 11.7 Å². The first-order chi connectivity index (χ1) is 10.0. The molecule has 5 heteroatoms. The molecule has 2 rings (SSSR count). The van der Waals surface area contributed by atoms with Gasteiger partial charge in [-0.15, -0.1) is 11.8 Å². The van der Waals surface area contributed by atoms with Crippen molar-refractivity contribution in [1.82, 2.24) is 9.97 Å². The molecule has 1 atom stereocenters. The number of nitrogens with two attached hydrogens (primary N) is 1. The number of thioether (sulfide) groups is 1. The molecule has 1 aromatic carbocycles. The van der Waals surface area contributed by atoms with Crippen molar-refractivity contribution < 1.29 is 4.39 Å². The minimum atomic E-state index is -0.222. The molecule has 3 nitrogen and oxygen atoms in total. The maximum absolute atomic E-state index is 13.1. The van der Waals surface area contributed by atoms with Crippen LogP contribution in [0.2, 0.25) is 0 Å². The molecule has 21 heavy (non-hydrogen) atoms. The molecule has 0 aliphatic carbocycles. The topological polar surface area (TPSA) is 51.8 Å². The number of benzene rings is 1. The van der Waals surface area contributed by atoms with Gasteiger partial charge in [-0.25, -0.2) is 14.4 Å². The summed E-state index contributed by atoms with van der Waals surface area (Å²) in [7, 11) is 0. The van der Waals surface area contributed by atoms with Crippen LogP contribution < -0.4 is 5.73 Å². The van der Waals surface area contributed by atoms with Gasteiger partial charge in [0, 0.05) is 16.3 Å². The summed E-state index contributed by atoms with van der Waals surface area (Å²) in [6.07, 6.45) is 0. The average molecular weight is 305 g/mol. The van der Waals surface area contributed by atoms with E-state index in [0.717, 1.165) is 27.7 Å². The van der Waals surface area contributed by atoms with Gasteiger partial charge in [0.05, 0.1) is 5.75 Å². The Balaban J connectivity index is 2.15. The van der Waals surface area contributed by atoms with E-state index in [9.17, 15) is 4.39 Å². The van der Waals surface area contributed by atoms with Crippen LogP contribution in [0.4, 0.5) is 4.39 Å². The third kappa shape index (κ3) is 4.02. The lowest BCUT2D eigenvalue weighted by atomic mass is 9.98. The lowest BCUT2D eigenvalue weighted by molar-refractivity contribution is 0.624. The molecule has 2 aromatic rings. The Kier molecular flexibility index (Phi) is 5.31. The number of hydrogen-bond donors (Lipinski definition) is 1. The molecule has 2 N–H and O–H groups in total. The van der Waals surface area contributed by atoms with Crippen LogP contribution in [0.3, 0.4) is 0 Å². The first-order valence-corrected chi connectivity index (χ1v) is 7.92. The normalized spacial score (nSPS) is 12.4. The maximum Gasteiger partial charge on any atom is 0.139 e. The summed E-state index contributed by atoms with van der Waals surface area (Å²) in [5.74, 6) is 1.44. The Morgan fingerprint density at radius 2 is 1.90 bits per heavy atom. The average Bonchev–Trinajstić information content (AvgIpc) is 2.44. The number of nitrogens with zero attached hydrogens (tertiary/aromatic N) is 2. The van der Waals surface area contributed by atoms with Gasteiger partial charge in [0.2, 0.25) is 0 Å². The van der Waals surface area contributed by atoms with Crippen LogP contribution in [0.1, 0.15) is 35.6 Å². The lowest BCUT2D eigenvalue weighted by Crippen LogP contribution is -2.14. The Bertz CT molecular complexity index is 608. The van der Waals surface area contributed by atoms with Gasteiger partial charge in [-0.2, -0.15) is 0 Å². The van der Waals surface area contributed by atoms with Crippen molar-refractivity contribution in [1.29, 1.82) is 0 Å². The maximum atomic E-state index is 13.1. The van der Waals surface area contributed by atoms with Crippen molar-refractivity contribution in [2.75, 3.05) is 6.54 Å². The Labute approximate surface area is 129 Å². The summed E-state index contributed by atoms with van der Waals surface area (Å²) in [5, 5.41) is 0. The summed E-state index contributed by atoms with van der Waals surface area (Å²) in [6.45, 7) is 6.65. The van der Waals surface area contributed by atoms with E-state index in [1.165, 1.54) is 23.9 Å². The second-order valence-corrected chi connectivity index (χ2v) is 6.16. The molecular formula is C16H20FN3S. The number of halogens is 1. The summed E-state index contributed by atoms with van der Waals surface area (Å²) in [4.78, 5) is 10.0. The molecule has 0 amide bonds. The third-order valence-electron chi connectivity index (χ3n) is 3.38. The van der Waals surface area contributed by atoms with Crippen molar-refractivity contribution in [3.8, 4) is 0 Å². The largest absolute Gasteiger partial charge is 0.330 e. The van der Waals surface area contributed by atoms with Gasteiger partial charge in [-0.05, 0) is 50.1 Å². The predicted octanol–water partition coefficient (Wildman–Crippen LogP) is 3.59. The molecule has 1 aromatic heterocycles. The number of rotatable bonds is 5. The number of aryl methyl sites for hydroxylation is 2. The van der Waals surface area contributed by atoms with Crippen LogP contribution in [-0.4, -0.2) is 16.5 Å². The van der Waals surface area contributed by atoms with Gasteiger partial charge < -0.3 is 5.73 Å². The van der Waals surface area contributed by atoms with Gasteiger partial charge in [-0.1, -0.05) is 13.0 Å². The van der Waals surface area contributed by atoms with Crippen molar-refractivity contribution in [2.45, 2.75) is 37.3 Å². The highest BCUT2D eigenvalue weighted by molar-refractivity contribution is 7.98. The number of hydrogen-bond acceptors (Lipinski definition) is 4. The van der Waals surface area contributed by atoms with E-state index >= 15 is 0 Å². The Morgan fingerprint density at radius 1 is 1.24 bits per heavy atom. The molecule has 1 heterocycles. The van der Waals surface area contributed by atoms with Crippen LogP contribution in [-0.2, 0) is 5.75 Å². The quantitative estimate of drug-likeness (QED) is 0.858. The summed E-state index contributed by atoms with van der Waals surface area (Å²) < 4.78 is 13.1. The molecular weight excluding hydrogens is 285 g/mol. The zero-order chi connectivity index (χ0) is 15.4. The van der Waals surface area contributed by atoms with Crippen LogP contribution in [0.25, 0.3) is 0 Å². The highest BCUT2D eigenvalue weighted by atomic mass is 32.2. The van der Waals surface area contributed by atoms with Gasteiger partial charge in [0.25, 0.3) is 0 Å². The zero-order valence-electron chi connectivity index (χ0n) is 12.6. The Morgan fingerprint density at radius 3 is 2.48 bits per heavy atom. The molecule has 0 radical (unpaired) electrons. The summed E-state index contributed by atoms with van der Waals surface area (Å²) in [6, 6.07) is 6.56. The van der Waals surface area contributed by atoms with Crippen LogP contribution in [0, 0.1) is 19.7 Å². The molecule has 0 bridgehead atoms. The van der Waals surface area contributed by atoms with E-state index in [2.05, 4.69) is 16.9 Å². The molecule has 0 spiro atoms. The van der Waals surface area contributed by atoms with Crippen LogP contribution >= 0.6 is 11.8 Å². The predicted molar refractivity (Wildman–Crippen MR) is 84.9 cm³/mol. The fourth-order valence-electron chi connectivity index (χ4n) is 2.39. The third-order valence-corrected chi connectivity index (χ3v) is 4.37. The van der Waals surface area contributed by atoms with Crippen molar-refractivity contribution in [3.63, 3.8) is 0 Å². The summed E-state index contributed by atoms with van der Waals surface area (Å²) >= 11 is 1.54. The molecule has 0 saturated carbocycles. The minimum Gasteiger partial charge on any atom is -0.330 e. The summed E-state index contributed by atoms with van der Waals surface area (Å²) in [5.41, 5.74) is 8.83. The van der Waals surface area contributed by atoms with Gasteiger partial charge >= 0.3 is 0 Å².